The summed E-state index contributed by atoms with van der Waals surface area (Å²) in [5.74, 6) is 7.80. The molecule has 0 bridgehead atoms. The summed E-state index contributed by atoms with van der Waals surface area (Å²) in [6.07, 6.45) is 1.58. The summed E-state index contributed by atoms with van der Waals surface area (Å²) in [7, 11) is 0. The highest BCUT2D eigenvalue weighted by Gasteiger charge is 3.03. The number of carbonyl (C=O) groups excluding carboxylic acids is 2. The van der Waals surface area contributed by atoms with Gasteiger partial charge in [-0.3, -0.25) is 14.5 Å². The fourth-order valence-corrected chi connectivity index (χ4v) is 8.05. The molecule has 0 radical (unpaired) electrons. The molecular weight excluding hydrogens is 318 g/mol. The average Bonchev–Trinajstić information content (AvgIpc) is 3.08. The summed E-state index contributed by atoms with van der Waals surface area (Å²) >= 11 is 0. The van der Waals surface area contributed by atoms with Gasteiger partial charge in [-0.2, -0.15) is 0 Å². The highest BCUT2D eigenvalue weighted by atomic mass is 16.3. The van der Waals surface area contributed by atoms with Gasteiger partial charge >= 0.3 is 0 Å². The lowest BCUT2D eigenvalue weighted by molar-refractivity contribution is -0.612. The van der Waals surface area contributed by atoms with Crippen LogP contribution in [0.5, 0.6) is 0 Å². The van der Waals surface area contributed by atoms with E-state index in [0.29, 0.717) is 36.4 Å². The first-order valence-corrected chi connectivity index (χ1v) is 9.55. The lowest BCUT2D eigenvalue weighted by Crippen LogP contribution is -3.06. The molecule has 1 saturated heterocycles. The van der Waals surface area contributed by atoms with Crippen molar-refractivity contribution < 1.29 is 14.0 Å². The van der Waals surface area contributed by atoms with Gasteiger partial charge in [0, 0.05) is 19.6 Å². The van der Waals surface area contributed by atoms with E-state index in [-0.39, 0.29) is 11.8 Å². The SMILES string of the molecule is O=C1CN(Cc2occc2C(=O)NCC23C4C5C6C4C2C6C53)CCN1. The van der Waals surface area contributed by atoms with Crippen LogP contribution in [0.3, 0.4) is 0 Å². The first-order valence-electron chi connectivity index (χ1n) is 9.55. The van der Waals surface area contributed by atoms with Crippen LogP contribution in [-0.2, 0) is 11.3 Å². The number of hydrogen-bond donors (Lipinski definition) is 2. The molecule has 6 saturated carbocycles. The standard InChI is InChI=1S/C19H21N3O3/c23-10-6-22(3-2-20-10)5-9-8(1-4-25-9)18(24)21-7-19-15-12-11-13(15)17(19)14(11)16(12)19/h1,4,11-17H,2-3,5-7H2,(H,20,23)(H,21,24). The summed E-state index contributed by atoms with van der Waals surface area (Å²) in [5, 5.41) is 6.03. The van der Waals surface area contributed by atoms with Gasteiger partial charge in [0.1, 0.15) is 5.76 Å². The zero-order valence-electron chi connectivity index (χ0n) is 13.9. The third-order valence-corrected chi connectivity index (χ3v) is 8.71. The maximum Gasteiger partial charge on any atom is 0.254 e. The van der Waals surface area contributed by atoms with Gasteiger partial charge in [0.05, 0.1) is 24.9 Å². The van der Waals surface area contributed by atoms with Crippen LogP contribution in [-0.4, -0.2) is 42.9 Å². The monoisotopic (exact) mass is 339 g/mol. The Labute approximate surface area is 145 Å². The number of nitrogens with one attached hydrogen (secondary N) is 2. The van der Waals surface area contributed by atoms with Crippen LogP contribution in [0.1, 0.15) is 16.1 Å². The average molecular weight is 339 g/mol. The minimum atomic E-state index is -0.0149. The number of piperazine rings is 1. The van der Waals surface area contributed by atoms with E-state index < -0.39 is 0 Å². The van der Waals surface area contributed by atoms with Gasteiger partial charge in [-0.05, 0) is 52.9 Å². The molecule has 7 aliphatic rings. The van der Waals surface area contributed by atoms with Crippen molar-refractivity contribution in [1.29, 1.82) is 0 Å². The van der Waals surface area contributed by atoms with Gasteiger partial charge < -0.3 is 15.1 Å². The van der Waals surface area contributed by atoms with Crippen molar-refractivity contribution in [2.45, 2.75) is 6.54 Å². The van der Waals surface area contributed by atoms with Gasteiger partial charge in [0.2, 0.25) is 5.91 Å². The molecular formula is C19H21N3O3. The van der Waals surface area contributed by atoms with Crippen LogP contribution >= 0.6 is 0 Å². The predicted molar refractivity (Wildman–Crippen MR) is 86.2 cm³/mol. The zero-order valence-corrected chi connectivity index (χ0v) is 13.9. The molecule has 0 spiro atoms. The smallest absolute Gasteiger partial charge is 0.254 e. The molecule has 2 amide bonds. The van der Waals surface area contributed by atoms with Crippen LogP contribution in [0, 0.1) is 46.8 Å². The molecule has 1 aromatic rings. The molecule has 6 aliphatic carbocycles. The van der Waals surface area contributed by atoms with Crippen LogP contribution in [0.4, 0.5) is 0 Å². The van der Waals surface area contributed by atoms with E-state index in [4.69, 9.17) is 4.42 Å². The molecule has 130 valence electrons. The van der Waals surface area contributed by atoms with Crippen LogP contribution in [0.25, 0.3) is 0 Å². The Balaban J connectivity index is 1.03. The van der Waals surface area contributed by atoms with Crippen LogP contribution < -0.4 is 10.6 Å². The van der Waals surface area contributed by atoms with E-state index in [1.807, 2.05) is 4.90 Å². The Hall–Kier alpha value is -1.82. The van der Waals surface area contributed by atoms with Gasteiger partial charge in [-0.1, -0.05) is 0 Å². The summed E-state index contributed by atoms with van der Waals surface area (Å²) in [5.41, 5.74) is 1.13. The molecule has 1 aliphatic heterocycles. The van der Waals surface area contributed by atoms with Gasteiger partial charge in [0.25, 0.3) is 5.91 Å². The van der Waals surface area contributed by atoms with E-state index in [1.54, 1.807) is 12.3 Å². The fraction of sp³-hybridized carbons (Fsp3) is 0.684. The quantitative estimate of drug-likeness (QED) is 0.810. The number of hydrogen-bond acceptors (Lipinski definition) is 4. The van der Waals surface area contributed by atoms with Crippen molar-refractivity contribution in [2.24, 2.45) is 46.8 Å². The minimum Gasteiger partial charge on any atom is -0.467 e. The number of carbonyl (C=O) groups is 2. The molecule has 6 heteroatoms. The van der Waals surface area contributed by atoms with Crippen molar-refractivity contribution in [2.75, 3.05) is 26.2 Å². The summed E-state index contributed by atoms with van der Waals surface area (Å²) in [6, 6.07) is 1.76. The molecule has 6 nitrogen and oxygen atoms in total. The zero-order chi connectivity index (χ0) is 16.5. The van der Waals surface area contributed by atoms with Crippen molar-refractivity contribution in [3.63, 3.8) is 0 Å². The highest BCUT2D eigenvalue weighted by molar-refractivity contribution is 5.95. The Morgan fingerprint density at radius 3 is 2.76 bits per heavy atom. The Morgan fingerprint density at radius 2 is 2.04 bits per heavy atom. The molecule has 25 heavy (non-hydrogen) atoms. The van der Waals surface area contributed by atoms with Gasteiger partial charge in [-0.15, -0.1) is 0 Å². The molecule has 1 aromatic heterocycles. The molecule has 0 aromatic carbocycles. The molecule has 2 N–H and O–H groups in total. The highest BCUT2D eigenvalue weighted by Crippen LogP contribution is 3.05. The van der Waals surface area contributed by atoms with E-state index in [0.717, 1.165) is 54.5 Å². The Bertz CT molecular complexity index is 779. The minimum absolute atomic E-state index is 0.0149. The molecule has 7 fully saturated rings. The van der Waals surface area contributed by atoms with Gasteiger partial charge in [0.15, 0.2) is 0 Å². The Kier molecular flexibility index (Phi) is 2.12. The maximum atomic E-state index is 12.7. The second kappa shape index (κ2) is 3.95. The van der Waals surface area contributed by atoms with Crippen molar-refractivity contribution in [1.82, 2.24) is 15.5 Å². The molecule has 0 atom stereocenters. The van der Waals surface area contributed by atoms with E-state index >= 15 is 0 Å². The van der Waals surface area contributed by atoms with Crippen molar-refractivity contribution in [3.05, 3.63) is 23.7 Å². The van der Waals surface area contributed by atoms with E-state index in [9.17, 15) is 9.59 Å². The number of rotatable bonds is 5. The van der Waals surface area contributed by atoms with Crippen molar-refractivity contribution in [3.8, 4) is 0 Å². The summed E-state index contributed by atoms with van der Waals surface area (Å²) < 4.78 is 5.55. The second-order valence-corrected chi connectivity index (χ2v) is 9.00. The number of furan rings is 1. The van der Waals surface area contributed by atoms with E-state index in [1.165, 1.54) is 0 Å². The predicted octanol–water partition coefficient (Wildman–Crippen LogP) is 0.309. The van der Waals surface area contributed by atoms with Crippen LogP contribution in [0.2, 0.25) is 0 Å². The number of nitrogens with zero attached hydrogens (tertiary/aromatic N) is 1. The fourth-order valence-electron chi connectivity index (χ4n) is 8.05. The normalized spacial score (nSPS) is 49.6. The summed E-state index contributed by atoms with van der Waals surface area (Å²) in [6.45, 7) is 3.17. The molecule has 8 rings (SSSR count). The maximum absolute atomic E-state index is 12.7. The third kappa shape index (κ3) is 1.22. The van der Waals surface area contributed by atoms with Crippen LogP contribution in [0.15, 0.2) is 16.7 Å². The second-order valence-electron chi connectivity index (χ2n) is 9.00. The lowest BCUT2D eigenvalue weighted by atomic mass is 8.96. The first-order chi connectivity index (χ1) is 12.2. The molecule has 0 unspecified atom stereocenters. The summed E-state index contributed by atoms with van der Waals surface area (Å²) in [4.78, 5) is 26.2. The first kappa shape index (κ1) is 13.4. The third-order valence-electron chi connectivity index (χ3n) is 8.71. The lowest BCUT2D eigenvalue weighted by Gasteiger charge is -3.08. The Morgan fingerprint density at radius 1 is 1.28 bits per heavy atom. The van der Waals surface area contributed by atoms with Crippen molar-refractivity contribution >= 4 is 11.8 Å². The largest absolute Gasteiger partial charge is 0.467 e. The van der Waals surface area contributed by atoms with E-state index in [2.05, 4.69) is 10.6 Å². The topological polar surface area (TPSA) is 74.6 Å². The number of amides is 2. The van der Waals surface area contributed by atoms with Gasteiger partial charge in [-0.25, -0.2) is 0 Å². The molecule has 2 heterocycles.